The molecular formula is C21H27Br2NO3. The topological polar surface area (TPSA) is 49.8 Å². The number of rotatable bonds is 9. The molecule has 27 heavy (non-hydrogen) atoms. The van der Waals surface area contributed by atoms with Gasteiger partial charge in [0, 0.05) is 6.54 Å². The fourth-order valence-electron chi connectivity index (χ4n) is 3.20. The first-order valence-electron chi connectivity index (χ1n) is 9.26. The van der Waals surface area contributed by atoms with Crippen molar-refractivity contribution in [3.8, 4) is 0 Å². The number of carbonyl (C=O) groups excluding carboxylic acids is 1. The molecule has 2 rings (SSSR count). The number of hydrogen-bond acceptors (Lipinski definition) is 4. The van der Waals surface area contributed by atoms with Crippen molar-refractivity contribution in [2.24, 2.45) is 0 Å². The molecule has 1 N–H and O–H groups in total. The molecule has 6 heteroatoms. The lowest BCUT2D eigenvalue weighted by Gasteiger charge is -2.43. The van der Waals surface area contributed by atoms with Crippen LogP contribution in [0.4, 0.5) is 0 Å². The molecule has 0 saturated carbocycles. The second-order valence-electron chi connectivity index (χ2n) is 6.56. The van der Waals surface area contributed by atoms with Crippen LogP contribution in [0.2, 0.25) is 0 Å². The minimum Gasteiger partial charge on any atom is -0.462 e. The van der Waals surface area contributed by atoms with E-state index in [-0.39, 0.29) is 11.4 Å². The number of likely N-dealkylation sites (N-methyl/N-ethyl adjacent to an activating group) is 1. The first-order chi connectivity index (χ1) is 12.9. The van der Waals surface area contributed by atoms with Crippen molar-refractivity contribution in [3.05, 3.63) is 60.2 Å². The van der Waals surface area contributed by atoms with Gasteiger partial charge in [-0.3, -0.25) is 0 Å². The van der Waals surface area contributed by atoms with Crippen molar-refractivity contribution in [1.29, 1.82) is 0 Å². The lowest BCUT2D eigenvalue weighted by atomic mass is 9.77. The van der Waals surface area contributed by atoms with Gasteiger partial charge in [0.05, 0.1) is 4.83 Å². The van der Waals surface area contributed by atoms with Gasteiger partial charge in [0.2, 0.25) is 5.60 Å². The number of nitrogens with zero attached hydrogens (tertiary/aromatic N) is 1. The Morgan fingerprint density at radius 1 is 1.26 bits per heavy atom. The van der Waals surface area contributed by atoms with Crippen LogP contribution in [0.25, 0.3) is 0 Å². The highest BCUT2D eigenvalue weighted by Gasteiger charge is 2.58. The van der Waals surface area contributed by atoms with Crippen molar-refractivity contribution in [2.45, 2.75) is 35.0 Å². The Labute approximate surface area is 178 Å². The molecule has 0 saturated heterocycles. The summed E-state index contributed by atoms with van der Waals surface area (Å²) in [4.78, 5) is 15.1. The highest BCUT2D eigenvalue weighted by molar-refractivity contribution is 9.12. The molecule has 0 fully saturated rings. The summed E-state index contributed by atoms with van der Waals surface area (Å²) in [5.41, 5.74) is -1.40. The molecule has 0 aliphatic heterocycles. The van der Waals surface area contributed by atoms with Crippen molar-refractivity contribution in [1.82, 2.24) is 4.90 Å². The van der Waals surface area contributed by atoms with Gasteiger partial charge in [0.25, 0.3) is 0 Å². The summed E-state index contributed by atoms with van der Waals surface area (Å²) in [6.45, 7) is 6.93. The maximum absolute atomic E-state index is 13.1. The molecule has 1 aromatic carbocycles. The monoisotopic (exact) mass is 499 g/mol. The molecule has 0 bridgehead atoms. The third-order valence-corrected chi connectivity index (χ3v) is 7.77. The normalized spacial score (nSPS) is 24.0. The lowest BCUT2D eigenvalue weighted by molar-refractivity contribution is -0.169. The highest BCUT2D eigenvalue weighted by atomic mass is 79.9. The van der Waals surface area contributed by atoms with Crippen LogP contribution >= 0.6 is 31.9 Å². The van der Waals surface area contributed by atoms with E-state index in [9.17, 15) is 9.90 Å². The van der Waals surface area contributed by atoms with Gasteiger partial charge < -0.3 is 14.7 Å². The number of esters is 1. The predicted molar refractivity (Wildman–Crippen MR) is 116 cm³/mol. The van der Waals surface area contributed by atoms with Crippen LogP contribution in [0, 0.1) is 0 Å². The second-order valence-corrected chi connectivity index (χ2v) is 8.86. The maximum Gasteiger partial charge on any atom is 0.344 e. The molecule has 0 amide bonds. The first-order valence-corrected chi connectivity index (χ1v) is 11.0. The van der Waals surface area contributed by atoms with Gasteiger partial charge in [-0.15, -0.1) is 0 Å². The quantitative estimate of drug-likeness (QED) is 0.408. The molecule has 1 aliphatic carbocycles. The number of carbonyl (C=O) groups is 1. The largest absolute Gasteiger partial charge is 0.462 e. The van der Waals surface area contributed by atoms with Gasteiger partial charge in [0.15, 0.2) is 0 Å². The highest BCUT2D eigenvalue weighted by Crippen LogP contribution is 2.48. The van der Waals surface area contributed by atoms with E-state index in [0.29, 0.717) is 12.1 Å². The summed E-state index contributed by atoms with van der Waals surface area (Å²) in [7, 11) is 0. The Morgan fingerprint density at radius 2 is 1.96 bits per heavy atom. The van der Waals surface area contributed by atoms with Crippen molar-refractivity contribution < 1.29 is 14.6 Å². The Balaban J connectivity index is 2.27. The van der Waals surface area contributed by atoms with Crippen LogP contribution in [0.3, 0.4) is 0 Å². The molecule has 0 radical (unpaired) electrons. The Hall–Kier alpha value is -0.950. The fraction of sp³-hybridized carbons (Fsp3) is 0.476. The molecule has 0 unspecified atom stereocenters. The fourth-order valence-corrected chi connectivity index (χ4v) is 4.56. The number of alkyl halides is 2. The summed E-state index contributed by atoms with van der Waals surface area (Å²) < 4.78 is 4.50. The second kappa shape index (κ2) is 10.0. The van der Waals surface area contributed by atoms with Gasteiger partial charge in [-0.25, -0.2) is 4.79 Å². The van der Waals surface area contributed by atoms with E-state index in [1.165, 1.54) is 0 Å². The van der Waals surface area contributed by atoms with Crippen molar-refractivity contribution >= 4 is 37.8 Å². The zero-order valence-corrected chi connectivity index (χ0v) is 18.9. The van der Waals surface area contributed by atoms with Gasteiger partial charge in [-0.2, -0.15) is 0 Å². The molecule has 0 heterocycles. The Morgan fingerprint density at radius 3 is 2.56 bits per heavy atom. The van der Waals surface area contributed by atoms with E-state index in [2.05, 4.69) is 50.6 Å². The molecule has 148 valence electrons. The average Bonchev–Trinajstić information content (AvgIpc) is 2.69. The standard InChI is InChI=1S/C21H27Br2NO3/c1-3-14-24(4-2)15-16-27-19(25)21(26,17-10-6-5-7-11-17)20(23)13-9-8-12-18(20)22/h5-13,18,26H,3-4,14-16H2,1-2H3/t18-,20-,21-/m0/s1. The Bertz CT molecular complexity index is 679. The number of benzene rings is 1. The van der Waals surface area contributed by atoms with E-state index in [1.54, 1.807) is 30.3 Å². The van der Waals surface area contributed by atoms with E-state index in [0.717, 1.165) is 19.5 Å². The Kier molecular flexibility index (Phi) is 8.28. The minimum atomic E-state index is -1.88. The van der Waals surface area contributed by atoms with Crippen LogP contribution in [0.15, 0.2) is 54.6 Å². The zero-order valence-electron chi connectivity index (χ0n) is 15.8. The van der Waals surface area contributed by atoms with Gasteiger partial charge in [0.1, 0.15) is 10.9 Å². The first kappa shape index (κ1) is 22.3. The molecule has 1 aliphatic rings. The summed E-state index contributed by atoms with van der Waals surface area (Å²) in [5, 5.41) is 11.7. The summed E-state index contributed by atoms with van der Waals surface area (Å²) in [6.07, 6.45) is 8.40. The summed E-state index contributed by atoms with van der Waals surface area (Å²) in [5.74, 6) is -0.664. The van der Waals surface area contributed by atoms with E-state index < -0.39 is 15.9 Å². The lowest BCUT2D eigenvalue weighted by Crippen LogP contribution is -2.57. The van der Waals surface area contributed by atoms with Gasteiger partial charge >= 0.3 is 5.97 Å². The number of halogens is 2. The molecule has 1 aromatic rings. The molecule has 0 aromatic heterocycles. The number of hydrogen-bond donors (Lipinski definition) is 1. The number of ether oxygens (including phenoxy) is 1. The van der Waals surface area contributed by atoms with Crippen LogP contribution in [0.5, 0.6) is 0 Å². The molecule has 4 nitrogen and oxygen atoms in total. The third-order valence-electron chi connectivity index (χ3n) is 4.80. The van der Waals surface area contributed by atoms with Crippen LogP contribution in [-0.2, 0) is 15.1 Å². The average molecular weight is 501 g/mol. The summed E-state index contributed by atoms with van der Waals surface area (Å²) >= 11 is 7.21. The summed E-state index contributed by atoms with van der Waals surface area (Å²) in [6, 6.07) is 8.94. The SMILES string of the molecule is CCCN(CC)CCOC(=O)[C@@](O)(c1ccccc1)[C@]1(Br)C=CC=C[C@@H]1Br. The molecule has 0 spiro atoms. The van der Waals surface area contributed by atoms with Gasteiger partial charge in [-0.05, 0) is 25.1 Å². The third kappa shape index (κ3) is 4.73. The van der Waals surface area contributed by atoms with Crippen LogP contribution in [-0.4, -0.2) is 51.4 Å². The predicted octanol–water partition coefficient (Wildman–Crippen LogP) is 4.17. The molecule has 3 atom stereocenters. The molecular weight excluding hydrogens is 474 g/mol. The number of allylic oxidation sites excluding steroid dienone is 3. The van der Waals surface area contributed by atoms with E-state index >= 15 is 0 Å². The van der Waals surface area contributed by atoms with Crippen LogP contribution < -0.4 is 0 Å². The smallest absolute Gasteiger partial charge is 0.344 e. The number of aliphatic hydroxyl groups is 1. The van der Waals surface area contributed by atoms with Crippen LogP contribution in [0.1, 0.15) is 25.8 Å². The maximum atomic E-state index is 13.1. The van der Waals surface area contributed by atoms with Crippen molar-refractivity contribution in [2.75, 3.05) is 26.2 Å². The van der Waals surface area contributed by atoms with E-state index in [4.69, 9.17) is 4.74 Å². The van der Waals surface area contributed by atoms with E-state index in [1.807, 2.05) is 24.3 Å². The van der Waals surface area contributed by atoms with Gasteiger partial charge in [-0.1, -0.05) is 100 Å². The van der Waals surface area contributed by atoms with Crippen molar-refractivity contribution in [3.63, 3.8) is 0 Å². The zero-order chi connectivity index (χ0) is 19.9. The minimum absolute atomic E-state index is 0.234.